The third-order valence-electron chi connectivity index (χ3n) is 9.81. The second-order valence-corrected chi connectivity index (χ2v) is 15.2. The van der Waals surface area contributed by atoms with Gasteiger partial charge in [0.1, 0.15) is 5.68 Å². The van der Waals surface area contributed by atoms with E-state index in [-0.39, 0.29) is 11.1 Å². The maximum atomic E-state index is 11.4. The van der Waals surface area contributed by atoms with Crippen LogP contribution < -0.4 is 4.90 Å². The van der Waals surface area contributed by atoms with Crippen LogP contribution in [0.25, 0.3) is 0 Å². The highest BCUT2D eigenvalue weighted by atomic mass is 16.1. The van der Waals surface area contributed by atoms with Crippen LogP contribution >= 0.6 is 0 Å². The lowest BCUT2D eigenvalue weighted by Crippen LogP contribution is -3.13. The lowest BCUT2D eigenvalue weighted by molar-refractivity contribution is -0.901. The van der Waals surface area contributed by atoms with E-state index in [0.29, 0.717) is 21.7 Å². The fourth-order valence-electron chi connectivity index (χ4n) is 6.73. The van der Waals surface area contributed by atoms with Gasteiger partial charge in [-0.3, -0.25) is 0 Å². The summed E-state index contributed by atoms with van der Waals surface area (Å²) in [7, 11) is 9.98. The van der Waals surface area contributed by atoms with Gasteiger partial charge in [-0.1, -0.05) is 76.2 Å². The molecule has 4 nitrogen and oxygen atoms in total. The van der Waals surface area contributed by atoms with Crippen LogP contribution in [0.5, 0.6) is 0 Å². The molecule has 37 heavy (non-hydrogen) atoms. The Morgan fingerprint density at radius 1 is 0.811 bits per heavy atom. The van der Waals surface area contributed by atoms with Gasteiger partial charge < -0.3 is 19.4 Å². The monoisotopic (exact) mass is 522 g/mol. The minimum atomic E-state index is -0.204. The third kappa shape index (κ3) is 12.6. The van der Waals surface area contributed by atoms with Gasteiger partial charge in [0.2, 0.25) is 0 Å². The summed E-state index contributed by atoms with van der Waals surface area (Å²) >= 11 is 0. The van der Waals surface area contributed by atoms with Gasteiger partial charge in [-0.25, -0.2) is 0 Å². The van der Waals surface area contributed by atoms with E-state index in [4.69, 9.17) is 0 Å². The van der Waals surface area contributed by atoms with Crippen LogP contribution in [-0.4, -0.2) is 77.2 Å². The van der Waals surface area contributed by atoms with Crippen molar-refractivity contribution < 1.29 is 9.69 Å². The molecule has 0 amide bonds. The molecule has 1 N–H and O–H groups in total. The van der Waals surface area contributed by atoms with E-state index >= 15 is 0 Å². The van der Waals surface area contributed by atoms with Crippen molar-refractivity contribution >= 4 is 13.1 Å². The normalized spacial score (nSPS) is 34.6. The number of nitrogens with zero attached hydrogens (tertiary/aromatic N) is 2. The molecule has 0 saturated carbocycles. The molecule has 0 aromatic rings. The third-order valence-corrected chi connectivity index (χ3v) is 9.81. The highest BCUT2D eigenvalue weighted by Gasteiger charge is 2.42. The maximum Gasteiger partial charge on any atom is 0.298 e. The zero-order valence-corrected chi connectivity index (χ0v) is 28.2. The Balaban J connectivity index is 0.000000528. The predicted octanol–water partition coefficient (Wildman–Crippen LogP) is 6.02. The lowest BCUT2D eigenvalue weighted by atomic mass is 9.67. The molecule has 2 heterocycles. The zero-order valence-electron chi connectivity index (χ0n) is 28.2. The molecule has 0 aromatic heterocycles. The Morgan fingerprint density at radius 2 is 1.16 bits per heavy atom. The smallest absolute Gasteiger partial charge is 0.298 e. The van der Waals surface area contributed by atoms with Crippen LogP contribution in [0, 0.1) is 27.1 Å². The van der Waals surface area contributed by atoms with E-state index in [1.54, 1.807) is 17.1 Å². The number of nitrogens with one attached hydrogen (secondary N) is 1. The Kier molecular flexibility index (Phi) is 14.7. The maximum absolute atomic E-state index is 11.4. The van der Waals surface area contributed by atoms with Crippen LogP contribution in [0.3, 0.4) is 0 Å². The molecule has 0 spiro atoms. The molecular formula is C32H68BN3O+. The molecule has 1 radical (unpaired) electrons. The summed E-state index contributed by atoms with van der Waals surface area (Å²) in [5, 5.41) is 0. The van der Waals surface area contributed by atoms with Crippen molar-refractivity contribution in [2.45, 2.75) is 121 Å². The second kappa shape index (κ2) is 14.8. The van der Waals surface area contributed by atoms with Crippen molar-refractivity contribution in [3.63, 3.8) is 0 Å². The summed E-state index contributed by atoms with van der Waals surface area (Å²) in [5.41, 5.74) is 2.28. The number of carbonyl (C=O) groups is 1. The first-order chi connectivity index (χ1) is 16.8. The number of carbonyl (C=O) groups excluding carboxylic acids is 1. The van der Waals surface area contributed by atoms with Gasteiger partial charge in [0.15, 0.2) is 0 Å². The van der Waals surface area contributed by atoms with Gasteiger partial charge in [-0.05, 0) is 76.9 Å². The summed E-state index contributed by atoms with van der Waals surface area (Å²) in [6.45, 7) is 30.4. The van der Waals surface area contributed by atoms with Gasteiger partial charge in [0.25, 0.3) is 7.41 Å². The number of piperidine rings is 2. The SMILES string of the molecule is CCC(C)(C)C(=O)[B]N(C)C.CCC1(C)CN(C)CC(C)(CC)C1.CCC1(C)C[NH+](C)CC(C)(CC)C1. The summed E-state index contributed by atoms with van der Waals surface area (Å²) in [4.78, 5) is 17.4. The molecule has 0 bridgehead atoms. The Morgan fingerprint density at radius 3 is 1.46 bits per heavy atom. The van der Waals surface area contributed by atoms with Gasteiger partial charge in [0.05, 0.1) is 20.1 Å². The number of rotatable bonds is 8. The molecule has 5 heteroatoms. The second-order valence-electron chi connectivity index (χ2n) is 15.2. The van der Waals surface area contributed by atoms with Gasteiger partial charge in [-0.2, -0.15) is 0 Å². The minimum absolute atomic E-state index is 0.199. The lowest BCUT2D eigenvalue weighted by Gasteiger charge is -2.48. The molecule has 0 aliphatic carbocycles. The number of hydrogen-bond donors (Lipinski definition) is 1. The number of hydrogen-bond acceptors (Lipinski definition) is 3. The first-order valence-corrected chi connectivity index (χ1v) is 15.3. The Hall–Kier alpha value is -0.385. The van der Waals surface area contributed by atoms with Crippen LogP contribution in [0.4, 0.5) is 0 Å². The summed E-state index contributed by atoms with van der Waals surface area (Å²) in [5.74, 6) is 0. The average molecular weight is 522 g/mol. The highest BCUT2D eigenvalue weighted by molar-refractivity contribution is 6.72. The molecule has 2 rings (SSSR count). The summed E-state index contributed by atoms with van der Waals surface area (Å²) in [6.07, 6.45) is 9.00. The average Bonchev–Trinajstić information content (AvgIpc) is 2.78. The number of likely N-dealkylation sites (tertiary alicyclic amines) is 2. The molecule has 2 fully saturated rings. The van der Waals surface area contributed by atoms with Crippen molar-refractivity contribution in [2.75, 3.05) is 54.4 Å². The highest BCUT2D eigenvalue weighted by Crippen LogP contribution is 2.43. The van der Waals surface area contributed by atoms with E-state index < -0.39 is 0 Å². The topological polar surface area (TPSA) is 28.0 Å². The zero-order chi connectivity index (χ0) is 29.3. The van der Waals surface area contributed by atoms with Crippen LogP contribution in [0.15, 0.2) is 0 Å². The van der Waals surface area contributed by atoms with Gasteiger partial charge >= 0.3 is 0 Å². The largest absolute Gasteiger partial charge is 0.345 e. The summed E-state index contributed by atoms with van der Waals surface area (Å²) in [6, 6.07) is 0. The van der Waals surface area contributed by atoms with E-state index in [1.807, 2.05) is 34.9 Å². The van der Waals surface area contributed by atoms with Crippen molar-refractivity contribution in [3.05, 3.63) is 0 Å². The van der Waals surface area contributed by atoms with E-state index in [1.165, 1.54) is 64.7 Å². The van der Waals surface area contributed by atoms with Crippen molar-refractivity contribution in [2.24, 2.45) is 27.1 Å². The molecule has 2 aliphatic heterocycles. The molecule has 4 unspecified atom stereocenters. The molecule has 2 saturated heterocycles. The van der Waals surface area contributed by atoms with Crippen molar-refractivity contribution in [1.29, 1.82) is 0 Å². The predicted molar refractivity (Wildman–Crippen MR) is 165 cm³/mol. The Labute approximate surface area is 235 Å². The van der Waals surface area contributed by atoms with E-state index in [9.17, 15) is 4.79 Å². The Bertz CT molecular complexity index is 607. The first-order valence-electron chi connectivity index (χ1n) is 15.3. The van der Waals surface area contributed by atoms with Crippen molar-refractivity contribution in [1.82, 2.24) is 9.71 Å². The van der Waals surface area contributed by atoms with Crippen LogP contribution in [0.1, 0.15) is 121 Å². The minimum Gasteiger partial charge on any atom is -0.345 e. The van der Waals surface area contributed by atoms with Crippen LogP contribution in [0.2, 0.25) is 0 Å². The molecule has 2 aliphatic rings. The van der Waals surface area contributed by atoms with E-state index in [2.05, 4.69) is 74.4 Å². The first kappa shape index (κ1) is 36.6. The van der Waals surface area contributed by atoms with Gasteiger partial charge in [0, 0.05) is 29.3 Å². The summed E-state index contributed by atoms with van der Waals surface area (Å²) < 4.78 is 0. The van der Waals surface area contributed by atoms with Gasteiger partial charge in [-0.15, -0.1) is 0 Å². The molecule has 4 atom stereocenters. The fraction of sp³-hybridized carbons (Fsp3) is 0.969. The number of quaternary nitrogens is 1. The standard InChI is InChI=1S/2C12H25N.C8H17BNO/c2*1-6-11(3)8-12(4,7-2)10-13(5)9-11;1-6-8(2,3)7(11)9-10(4)5/h2*6-10H2,1-5H3;6H2,1-5H3/p+1. The van der Waals surface area contributed by atoms with Crippen LogP contribution in [-0.2, 0) is 4.79 Å². The molecule has 219 valence electrons. The molecule has 0 aromatic carbocycles. The molecular weight excluding hydrogens is 453 g/mol. The van der Waals surface area contributed by atoms with Crippen molar-refractivity contribution in [3.8, 4) is 0 Å². The van der Waals surface area contributed by atoms with E-state index in [0.717, 1.165) is 6.42 Å². The quantitative estimate of drug-likeness (QED) is 0.396. The fourth-order valence-corrected chi connectivity index (χ4v) is 6.73.